The quantitative estimate of drug-likeness (QED) is 0.913. The Morgan fingerprint density at radius 1 is 1.39 bits per heavy atom. The van der Waals surface area contributed by atoms with Crippen molar-refractivity contribution in [1.82, 2.24) is 0 Å². The molecule has 0 amide bonds. The Bertz CT molecular complexity index is 513. The van der Waals surface area contributed by atoms with Crippen LogP contribution in [0.4, 0.5) is 10.1 Å². The number of thiophene rings is 1. The number of aliphatic hydroxyl groups excluding tert-OH is 1. The van der Waals surface area contributed by atoms with Crippen LogP contribution in [0.2, 0.25) is 0 Å². The van der Waals surface area contributed by atoms with Gasteiger partial charge in [-0.25, -0.2) is 4.39 Å². The lowest BCUT2D eigenvalue weighted by atomic mass is 10.1. The van der Waals surface area contributed by atoms with Crippen molar-refractivity contribution in [2.75, 3.05) is 11.9 Å². The fourth-order valence-electron chi connectivity index (χ4n) is 1.86. The Labute approximate surface area is 110 Å². The van der Waals surface area contributed by atoms with Crippen molar-refractivity contribution in [3.63, 3.8) is 0 Å². The molecule has 1 N–H and O–H groups in total. The summed E-state index contributed by atoms with van der Waals surface area (Å²) < 4.78 is 13.9. The summed E-state index contributed by atoms with van der Waals surface area (Å²) in [6.45, 7) is 1.91. The van der Waals surface area contributed by atoms with Crippen LogP contribution < -0.4 is 4.90 Å². The minimum atomic E-state index is -0.299. The first-order chi connectivity index (χ1) is 8.63. The number of aliphatic hydroxyl groups is 1. The summed E-state index contributed by atoms with van der Waals surface area (Å²) in [5.41, 5.74) is 1.14. The SMILES string of the molecule is CC(c1cccs1)N(C)c1ccc(CO)cc1F. The van der Waals surface area contributed by atoms with Gasteiger partial charge in [0.1, 0.15) is 5.82 Å². The van der Waals surface area contributed by atoms with Gasteiger partial charge in [0, 0.05) is 11.9 Å². The molecule has 0 spiro atoms. The van der Waals surface area contributed by atoms with Gasteiger partial charge < -0.3 is 10.0 Å². The largest absolute Gasteiger partial charge is 0.392 e. The van der Waals surface area contributed by atoms with E-state index in [1.54, 1.807) is 23.5 Å². The van der Waals surface area contributed by atoms with Gasteiger partial charge in [-0.1, -0.05) is 12.1 Å². The van der Waals surface area contributed by atoms with Crippen molar-refractivity contribution < 1.29 is 9.50 Å². The van der Waals surface area contributed by atoms with Gasteiger partial charge in [-0.15, -0.1) is 11.3 Å². The highest BCUT2D eigenvalue weighted by molar-refractivity contribution is 7.10. The Morgan fingerprint density at radius 3 is 2.72 bits per heavy atom. The summed E-state index contributed by atoms with van der Waals surface area (Å²) in [7, 11) is 1.88. The zero-order valence-corrected chi connectivity index (χ0v) is 11.2. The molecule has 96 valence electrons. The molecule has 0 aliphatic rings. The first kappa shape index (κ1) is 13.1. The Kier molecular flexibility index (Phi) is 3.99. The second-order valence-corrected chi connectivity index (χ2v) is 5.23. The lowest BCUT2D eigenvalue weighted by molar-refractivity contribution is 0.281. The van der Waals surface area contributed by atoms with Crippen molar-refractivity contribution in [3.05, 3.63) is 52.0 Å². The van der Waals surface area contributed by atoms with E-state index in [1.165, 1.54) is 10.9 Å². The predicted molar refractivity (Wildman–Crippen MR) is 73.5 cm³/mol. The maximum atomic E-state index is 13.9. The molecule has 0 aliphatic carbocycles. The van der Waals surface area contributed by atoms with Crippen LogP contribution in [0.5, 0.6) is 0 Å². The first-order valence-corrected chi connectivity index (χ1v) is 6.67. The molecule has 0 fully saturated rings. The van der Waals surface area contributed by atoms with Crippen molar-refractivity contribution in [1.29, 1.82) is 0 Å². The van der Waals surface area contributed by atoms with Crippen LogP contribution in [-0.4, -0.2) is 12.2 Å². The highest BCUT2D eigenvalue weighted by atomic mass is 32.1. The number of anilines is 1. The fraction of sp³-hybridized carbons (Fsp3) is 0.286. The second-order valence-electron chi connectivity index (χ2n) is 4.25. The summed E-state index contributed by atoms with van der Waals surface area (Å²) in [6, 6.07) is 9.01. The van der Waals surface area contributed by atoms with Gasteiger partial charge in [0.15, 0.2) is 0 Å². The molecular weight excluding hydrogens is 249 g/mol. The third-order valence-corrected chi connectivity index (χ3v) is 4.15. The molecule has 0 aliphatic heterocycles. The molecule has 2 rings (SSSR count). The summed E-state index contributed by atoms with van der Waals surface area (Å²) in [5.74, 6) is -0.299. The molecule has 1 unspecified atom stereocenters. The molecule has 0 saturated carbocycles. The van der Waals surface area contributed by atoms with Gasteiger partial charge >= 0.3 is 0 Å². The summed E-state index contributed by atoms with van der Waals surface area (Å²) in [5, 5.41) is 11.0. The van der Waals surface area contributed by atoms with E-state index in [0.29, 0.717) is 11.3 Å². The lowest BCUT2D eigenvalue weighted by Gasteiger charge is -2.26. The molecule has 2 nitrogen and oxygen atoms in total. The monoisotopic (exact) mass is 265 g/mol. The summed E-state index contributed by atoms with van der Waals surface area (Å²) in [6.07, 6.45) is 0. The second kappa shape index (κ2) is 5.50. The minimum Gasteiger partial charge on any atom is -0.392 e. The van der Waals surface area contributed by atoms with E-state index in [1.807, 2.05) is 36.4 Å². The molecular formula is C14H16FNOS. The molecule has 2 aromatic rings. The molecule has 0 saturated heterocycles. The Balaban J connectivity index is 2.26. The smallest absolute Gasteiger partial charge is 0.146 e. The van der Waals surface area contributed by atoms with E-state index in [4.69, 9.17) is 5.11 Å². The zero-order valence-electron chi connectivity index (χ0n) is 10.4. The Hall–Kier alpha value is -1.39. The van der Waals surface area contributed by atoms with Crippen molar-refractivity contribution in [2.24, 2.45) is 0 Å². The third-order valence-electron chi connectivity index (χ3n) is 3.11. The molecule has 1 heterocycles. The van der Waals surface area contributed by atoms with E-state index in [9.17, 15) is 4.39 Å². The van der Waals surface area contributed by atoms with E-state index in [2.05, 4.69) is 0 Å². The molecule has 0 radical (unpaired) electrons. The van der Waals surface area contributed by atoms with Gasteiger partial charge in [0.2, 0.25) is 0 Å². The maximum Gasteiger partial charge on any atom is 0.146 e. The topological polar surface area (TPSA) is 23.5 Å². The normalized spacial score (nSPS) is 12.4. The lowest BCUT2D eigenvalue weighted by Crippen LogP contribution is -2.21. The number of benzene rings is 1. The average molecular weight is 265 g/mol. The summed E-state index contributed by atoms with van der Waals surface area (Å²) >= 11 is 1.66. The van der Waals surface area contributed by atoms with E-state index < -0.39 is 0 Å². The van der Waals surface area contributed by atoms with Crippen LogP contribution in [0.1, 0.15) is 23.4 Å². The molecule has 1 aromatic carbocycles. The zero-order chi connectivity index (χ0) is 13.1. The van der Waals surface area contributed by atoms with Gasteiger partial charge in [-0.3, -0.25) is 0 Å². The van der Waals surface area contributed by atoms with Crippen LogP contribution in [-0.2, 0) is 6.61 Å². The van der Waals surface area contributed by atoms with E-state index >= 15 is 0 Å². The number of rotatable bonds is 4. The molecule has 1 aromatic heterocycles. The van der Waals surface area contributed by atoms with Crippen molar-refractivity contribution in [2.45, 2.75) is 19.6 Å². The first-order valence-electron chi connectivity index (χ1n) is 5.79. The highest BCUT2D eigenvalue weighted by Crippen LogP contribution is 2.30. The Morgan fingerprint density at radius 2 is 2.17 bits per heavy atom. The van der Waals surface area contributed by atoms with Crippen molar-refractivity contribution >= 4 is 17.0 Å². The van der Waals surface area contributed by atoms with Gasteiger partial charge in [0.05, 0.1) is 18.3 Å². The number of nitrogens with zero attached hydrogens (tertiary/aromatic N) is 1. The summed E-state index contributed by atoms with van der Waals surface area (Å²) in [4.78, 5) is 3.10. The molecule has 1 atom stereocenters. The standard InChI is InChI=1S/C14H16FNOS/c1-10(14-4-3-7-18-14)16(2)13-6-5-11(9-17)8-12(13)15/h3-8,10,17H,9H2,1-2H3. The third kappa shape index (κ3) is 2.54. The van der Waals surface area contributed by atoms with Gasteiger partial charge in [-0.2, -0.15) is 0 Å². The molecule has 18 heavy (non-hydrogen) atoms. The van der Waals surface area contributed by atoms with Gasteiger partial charge in [0.25, 0.3) is 0 Å². The van der Waals surface area contributed by atoms with Crippen LogP contribution in [0.15, 0.2) is 35.7 Å². The predicted octanol–water partition coefficient (Wildman–Crippen LogP) is 3.58. The fourth-order valence-corrected chi connectivity index (χ4v) is 2.69. The van der Waals surface area contributed by atoms with Crippen LogP contribution in [0.25, 0.3) is 0 Å². The minimum absolute atomic E-state index is 0.125. The maximum absolute atomic E-state index is 13.9. The van der Waals surface area contributed by atoms with Gasteiger partial charge in [-0.05, 0) is 36.1 Å². The average Bonchev–Trinajstić information content (AvgIpc) is 2.90. The highest BCUT2D eigenvalue weighted by Gasteiger charge is 2.16. The van der Waals surface area contributed by atoms with E-state index in [-0.39, 0.29) is 18.5 Å². The number of hydrogen-bond acceptors (Lipinski definition) is 3. The van der Waals surface area contributed by atoms with E-state index in [0.717, 1.165) is 0 Å². The van der Waals surface area contributed by atoms with Crippen LogP contribution in [0, 0.1) is 5.82 Å². The molecule has 0 bridgehead atoms. The number of hydrogen-bond donors (Lipinski definition) is 1. The van der Waals surface area contributed by atoms with Crippen molar-refractivity contribution in [3.8, 4) is 0 Å². The van der Waals surface area contributed by atoms with Crippen LogP contribution >= 0.6 is 11.3 Å². The number of halogens is 1. The van der Waals surface area contributed by atoms with Crippen LogP contribution in [0.3, 0.4) is 0 Å². The molecule has 4 heteroatoms.